The molecule has 1 aromatic rings. The molecule has 0 bridgehead atoms. The summed E-state index contributed by atoms with van der Waals surface area (Å²) in [6.45, 7) is 3.18. The Bertz CT molecular complexity index is 434. The van der Waals surface area contributed by atoms with Crippen molar-refractivity contribution in [1.29, 1.82) is 0 Å². The van der Waals surface area contributed by atoms with Crippen LogP contribution in [0.3, 0.4) is 0 Å². The third-order valence-electron chi connectivity index (χ3n) is 2.95. The number of nitrogens with zero attached hydrogens (tertiary/aromatic N) is 1. The number of amides is 1. The summed E-state index contributed by atoms with van der Waals surface area (Å²) in [4.78, 5) is 14.1. The summed E-state index contributed by atoms with van der Waals surface area (Å²) in [7, 11) is 0. The van der Waals surface area contributed by atoms with Crippen LogP contribution in [0.5, 0.6) is 0 Å². The van der Waals surface area contributed by atoms with Gasteiger partial charge in [-0.15, -0.1) is 0 Å². The van der Waals surface area contributed by atoms with Crippen molar-refractivity contribution in [2.24, 2.45) is 0 Å². The molecule has 0 aromatic heterocycles. The summed E-state index contributed by atoms with van der Waals surface area (Å²) in [5.74, 6) is -0.0532. The van der Waals surface area contributed by atoms with E-state index in [1.54, 1.807) is 17.0 Å². The van der Waals surface area contributed by atoms with Gasteiger partial charge in [0, 0.05) is 25.2 Å². The topological polar surface area (TPSA) is 58.4 Å². The van der Waals surface area contributed by atoms with E-state index in [9.17, 15) is 4.79 Å². The lowest BCUT2D eigenvalue weighted by molar-refractivity contribution is 0.0766. The Hall–Kier alpha value is -0.970. The number of nitrogen functional groups attached to an aromatic ring is 1. The van der Waals surface area contributed by atoms with E-state index in [-0.39, 0.29) is 5.91 Å². The van der Waals surface area contributed by atoms with Crippen LogP contribution in [0.2, 0.25) is 10.0 Å². The minimum absolute atomic E-state index is 0.0532. The van der Waals surface area contributed by atoms with Crippen molar-refractivity contribution in [2.45, 2.75) is 6.42 Å². The molecule has 4 nitrogen and oxygen atoms in total. The lowest BCUT2D eigenvalue weighted by Gasteiger charge is -2.20. The highest BCUT2D eigenvalue weighted by molar-refractivity contribution is 6.39. The minimum Gasteiger partial charge on any atom is -0.396 e. The first-order valence-corrected chi connectivity index (χ1v) is 6.59. The third kappa shape index (κ3) is 2.88. The van der Waals surface area contributed by atoms with Gasteiger partial charge in [0.2, 0.25) is 0 Å². The van der Waals surface area contributed by atoms with Gasteiger partial charge in [0.25, 0.3) is 5.91 Å². The molecule has 0 spiro atoms. The van der Waals surface area contributed by atoms with Crippen LogP contribution in [0.15, 0.2) is 12.1 Å². The van der Waals surface area contributed by atoms with Gasteiger partial charge in [-0.1, -0.05) is 23.2 Å². The van der Waals surface area contributed by atoms with Crippen molar-refractivity contribution in [3.8, 4) is 0 Å². The molecule has 1 aliphatic rings. The molecule has 1 aromatic carbocycles. The zero-order valence-corrected chi connectivity index (χ0v) is 11.4. The van der Waals surface area contributed by atoms with Crippen molar-refractivity contribution < 1.29 is 4.79 Å². The summed E-state index contributed by atoms with van der Waals surface area (Å²) in [5.41, 5.74) is 6.46. The largest absolute Gasteiger partial charge is 0.396 e. The number of carbonyl (C=O) groups excluding carboxylic acids is 1. The molecular weight excluding hydrogens is 273 g/mol. The number of rotatable bonds is 1. The summed E-state index contributed by atoms with van der Waals surface area (Å²) in [5, 5.41) is 3.89. The molecule has 0 unspecified atom stereocenters. The van der Waals surface area contributed by atoms with Gasteiger partial charge in [0.1, 0.15) is 0 Å². The number of benzene rings is 1. The van der Waals surface area contributed by atoms with Crippen LogP contribution in [0.4, 0.5) is 5.69 Å². The average molecular weight is 288 g/mol. The lowest BCUT2D eigenvalue weighted by atomic mass is 10.1. The van der Waals surface area contributed by atoms with Gasteiger partial charge in [-0.05, 0) is 25.1 Å². The zero-order valence-electron chi connectivity index (χ0n) is 9.88. The molecule has 1 amide bonds. The second kappa shape index (κ2) is 5.78. The van der Waals surface area contributed by atoms with Crippen LogP contribution in [-0.4, -0.2) is 37.0 Å². The van der Waals surface area contributed by atoms with Crippen molar-refractivity contribution in [3.05, 3.63) is 27.7 Å². The number of anilines is 1. The molecule has 0 atom stereocenters. The molecule has 18 heavy (non-hydrogen) atoms. The zero-order chi connectivity index (χ0) is 13.1. The number of hydrogen-bond donors (Lipinski definition) is 2. The van der Waals surface area contributed by atoms with Crippen LogP contribution in [0.1, 0.15) is 16.8 Å². The summed E-state index contributed by atoms with van der Waals surface area (Å²) >= 11 is 11.9. The van der Waals surface area contributed by atoms with Crippen LogP contribution in [0, 0.1) is 0 Å². The molecule has 1 fully saturated rings. The van der Waals surface area contributed by atoms with Crippen LogP contribution >= 0.6 is 23.2 Å². The molecule has 0 aliphatic carbocycles. The number of nitrogens with one attached hydrogen (secondary N) is 1. The fourth-order valence-corrected chi connectivity index (χ4v) is 2.43. The predicted octanol–water partition coefficient (Wildman–Crippen LogP) is 2.01. The smallest absolute Gasteiger partial charge is 0.254 e. The molecule has 98 valence electrons. The fourth-order valence-electron chi connectivity index (χ4n) is 1.94. The first kappa shape index (κ1) is 13.5. The third-order valence-corrected chi connectivity index (χ3v) is 3.58. The van der Waals surface area contributed by atoms with Crippen molar-refractivity contribution in [3.63, 3.8) is 0 Å². The van der Waals surface area contributed by atoms with Crippen LogP contribution < -0.4 is 11.1 Å². The normalized spacial score (nSPS) is 16.4. The predicted molar refractivity (Wildman–Crippen MR) is 74.3 cm³/mol. The second-order valence-electron chi connectivity index (χ2n) is 4.25. The van der Waals surface area contributed by atoms with E-state index >= 15 is 0 Å². The Balaban J connectivity index is 2.22. The molecule has 1 aliphatic heterocycles. The van der Waals surface area contributed by atoms with E-state index in [0.717, 1.165) is 26.1 Å². The molecule has 3 N–H and O–H groups in total. The Morgan fingerprint density at radius 1 is 1.22 bits per heavy atom. The highest BCUT2D eigenvalue weighted by Gasteiger charge is 2.18. The van der Waals surface area contributed by atoms with Gasteiger partial charge in [0.15, 0.2) is 0 Å². The van der Waals surface area contributed by atoms with Gasteiger partial charge < -0.3 is 16.0 Å². The highest BCUT2D eigenvalue weighted by atomic mass is 35.5. The molecule has 1 heterocycles. The average Bonchev–Trinajstić information content (AvgIpc) is 2.63. The van der Waals surface area contributed by atoms with Crippen molar-refractivity contribution >= 4 is 34.8 Å². The van der Waals surface area contributed by atoms with Crippen LogP contribution in [0.25, 0.3) is 0 Å². The maximum absolute atomic E-state index is 12.3. The Morgan fingerprint density at radius 2 is 1.89 bits per heavy atom. The number of carbonyl (C=O) groups is 1. The lowest BCUT2D eigenvalue weighted by Crippen LogP contribution is -2.34. The Kier molecular flexibility index (Phi) is 4.32. The van der Waals surface area contributed by atoms with E-state index in [1.807, 2.05) is 0 Å². The van der Waals surface area contributed by atoms with Gasteiger partial charge in [-0.3, -0.25) is 4.79 Å². The van der Waals surface area contributed by atoms with Crippen molar-refractivity contribution in [2.75, 3.05) is 31.9 Å². The van der Waals surface area contributed by atoms with Gasteiger partial charge in [-0.2, -0.15) is 0 Å². The van der Waals surface area contributed by atoms with Gasteiger partial charge in [0.05, 0.1) is 15.7 Å². The molecule has 2 rings (SSSR count). The monoisotopic (exact) mass is 287 g/mol. The van der Waals surface area contributed by atoms with E-state index < -0.39 is 0 Å². The number of halogens is 2. The maximum Gasteiger partial charge on any atom is 0.254 e. The number of hydrogen-bond acceptors (Lipinski definition) is 3. The molecule has 1 saturated heterocycles. The Morgan fingerprint density at radius 3 is 2.56 bits per heavy atom. The first-order valence-electron chi connectivity index (χ1n) is 5.84. The minimum atomic E-state index is -0.0532. The standard InChI is InChI=1S/C12H15Cl2N3O/c13-9-6-8(7-10(14)11(9)15)12(18)17-4-1-2-16-3-5-17/h6-7,16H,1-5,15H2. The summed E-state index contributed by atoms with van der Waals surface area (Å²) in [6, 6.07) is 3.15. The van der Waals surface area contributed by atoms with E-state index in [2.05, 4.69) is 5.32 Å². The maximum atomic E-state index is 12.3. The van der Waals surface area contributed by atoms with Gasteiger partial charge in [-0.25, -0.2) is 0 Å². The Labute approximate surface area is 116 Å². The molecule has 6 heteroatoms. The molecule has 0 saturated carbocycles. The van der Waals surface area contributed by atoms with Gasteiger partial charge >= 0.3 is 0 Å². The van der Waals surface area contributed by atoms with E-state index in [1.165, 1.54) is 0 Å². The summed E-state index contributed by atoms with van der Waals surface area (Å²) in [6.07, 6.45) is 0.947. The SMILES string of the molecule is Nc1c(Cl)cc(C(=O)N2CCCNCC2)cc1Cl. The quantitative estimate of drug-likeness (QED) is 0.777. The fraction of sp³-hybridized carbons (Fsp3) is 0.417. The molecular formula is C12H15Cl2N3O. The van der Waals surface area contributed by atoms with Crippen LogP contribution in [-0.2, 0) is 0 Å². The summed E-state index contributed by atoms with van der Waals surface area (Å²) < 4.78 is 0. The molecule has 0 radical (unpaired) electrons. The first-order chi connectivity index (χ1) is 8.59. The van der Waals surface area contributed by atoms with Crippen molar-refractivity contribution in [1.82, 2.24) is 10.2 Å². The highest BCUT2D eigenvalue weighted by Crippen LogP contribution is 2.29. The second-order valence-corrected chi connectivity index (χ2v) is 5.06. The van der Waals surface area contributed by atoms with E-state index in [0.29, 0.717) is 27.8 Å². The van der Waals surface area contributed by atoms with E-state index in [4.69, 9.17) is 28.9 Å². The number of nitrogens with two attached hydrogens (primary N) is 1.